The largest absolute Gasteiger partial charge is 0.478 e. The molecule has 3 rings (SSSR count). The zero-order valence-corrected chi connectivity index (χ0v) is 14.0. The fourth-order valence-electron chi connectivity index (χ4n) is 2.02. The number of hydrogen-bond donors (Lipinski definition) is 1. The van der Waals surface area contributed by atoms with Gasteiger partial charge in [0, 0.05) is 27.5 Å². The fraction of sp³-hybridized carbons (Fsp3) is 0.385. The molecule has 0 bridgehead atoms. The zero-order valence-electron chi connectivity index (χ0n) is 10.7. The number of carboxylic acid groups (broad SMARTS) is 1. The van der Waals surface area contributed by atoms with E-state index in [9.17, 15) is 4.79 Å². The molecule has 2 aromatic rings. The average Bonchev–Trinajstić information content (AvgIpc) is 3.08. The number of thiophene rings is 1. The van der Waals surface area contributed by atoms with E-state index in [1.165, 1.54) is 22.8 Å². The van der Waals surface area contributed by atoms with Crippen molar-refractivity contribution in [1.82, 2.24) is 4.98 Å². The Balaban J connectivity index is 1.83. The molecule has 2 aromatic heterocycles. The molecule has 1 aliphatic rings. The van der Waals surface area contributed by atoms with Gasteiger partial charge in [-0.1, -0.05) is 6.92 Å². The average molecular weight is 344 g/mol. The fourth-order valence-corrected chi connectivity index (χ4v) is 6.93. The molecule has 106 valence electrons. The molecule has 1 saturated heterocycles. The van der Waals surface area contributed by atoms with Crippen molar-refractivity contribution >= 4 is 52.2 Å². The summed E-state index contributed by atoms with van der Waals surface area (Å²) in [6.45, 7) is 2.26. The predicted octanol–water partition coefficient (Wildman–Crippen LogP) is 4.48. The van der Waals surface area contributed by atoms with E-state index in [0.29, 0.717) is 16.1 Å². The molecule has 7 heteroatoms. The second-order valence-corrected chi connectivity index (χ2v) is 8.98. The van der Waals surface area contributed by atoms with Gasteiger partial charge in [-0.05, 0) is 6.07 Å². The van der Waals surface area contributed by atoms with E-state index in [1.807, 2.05) is 28.9 Å². The molecule has 20 heavy (non-hydrogen) atoms. The number of aromatic nitrogens is 1. The molecule has 0 aromatic carbocycles. The summed E-state index contributed by atoms with van der Waals surface area (Å²) in [5.41, 5.74) is 1.25. The SMILES string of the molecule is CC1SCCSC1c1nc(-c2cc(C(=O)O)cs2)cs1. The quantitative estimate of drug-likeness (QED) is 0.890. The number of carbonyl (C=O) groups is 1. The number of aromatic carboxylic acids is 1. The highest BCUT2D eigenvalue weighted by Gasteiger charge is 2.27. The molecule has 1 N–H and O–H groups in total. The number of thiazole rings is 1. The maximum Gasteiger partial charge on any atom is 0.336 e. The van der Waals surface area contributed by atoms with Crippen molar-refractivity contribution in [3.63, 3.8) is 0 Å². The molecule has 0 amide bonds. The van der Waals surface area contributed by atoms with Crippen molar-refractivity contribution in [2.75, 3.05) is 11.5 Å². The van der Waals surface area contributed by atoms with Crippen LogP contribution in [0.3, 0.4) is 0 Å². The van der Waals surface area contributed by atoms with Gasteiger partial charge in [-0.15, -0.1) is 34.4 Å². The molecule has 0 spiro atoms. The van der Waals surface area contributed by atoms with Gasteiger partial charge >= 0.3 is 5.97 Å². The summed E-state index contributed by atoms with van der Waals surface area (Å²) in [7, 11) is 0. The van der Waals surface area contributed by atoms with Gasteiger partial charge in [0.15, 0.2) is 0 Å². The number of nitrogens with zero attached hydrogens (tertiary/aromatic N) is 1. The Labute approximate surface area is 133 Å². The molecule has 2 unspecified atom stereocenters. The lowest BCUT2D eigenvalue weighted by molar-refractivity contribution is 0.0697. The summed E-state index contributed by atoms with van der Waals surface area (Å²) in [5, 5.41) is 14.9. The summed E-state index contributed by atoms with van der Waals surface area (Å²) in [6, 6.07) is 1.71. The Bertz CT molecular complexity index is 621. The summed E-state index contributed by atoms with van der Waals surface area (Å²) in [5.74, 6) is 1.51. The lowest BCUT2D eigenvalue weighted by Crippen LogP contribution is -2.15. The van der Waals surface area contributed by atoms with Crippen LogP contribution >= 0.6 is 46.2 Å². The van der Waals surface area contributed by atoms with Crippen molar-refractivity contribution in [3.8, 4) is 10.6 Å². The third kappa shape index (κ3) is 2.90. The van der Waals surface area contributed by atoms with Gasteiger partial charge < -0.3 is 5.11 Å². The van der Waals surface area contributed by atoms with E-state index in [-0.39, 0.29) is 0 Å². The Kier molecular flexibility index (Phi) is 4.40. The topological polar surface area (TPSA) is 50.2 Å². The molecule has 3 heterocycles. The van der Waals surface area contributed by atoms with Gasteiger partial charge in [-0.2, -0.15) is 11.8 Å². The second-order valence-electron chi connectivity index (χ2n) is 4.44. The van der Waals surface area contributed by atoms with Crippen molar-refractivity contribution < 1.29 is 9.90 Å². The Morgan fingerprint density at radius 3 is 2.80 bits per heavy atom. The van der Waals surface area contributed by atoms with Crippen molar-refractivity contribution in [2.24, 2.45) is 0 Å². The molecule has 0 aliphatic carbocycles. The van der Waals surface area contributed by atoms with Gasteiger partial charge in [0.05, 0.1) is 21.4 Å². The number of hydrogen-bond acceptors (Lipinski definition) is 6. The minimum Gasteiger partial charge on any atom is -0.478 e. The van der Waals surface area contributed by atoms with E-state index >= 15 is 0 Å². The molecule has 1 fully saturated rings. The monoisotopic (exact) mass is 343 g/mol. The van der Waals surface area contributed by atoms with Crippen LogP contribution in [-0.2, 0) is 0 Å². The first-order valence-corrected chi connectivity index (χ1v) is 10.0. The second kappa shape index (κ2) is 6.09. The Morgan fingerprint density at radius 2 is 2.10 bits per heavy atom. The Morgan fingerprint density at radius 1 is 1.30 bits per heavy atom. The van der Waals surface area contributed by atoms with E-state index in [4.69, 9.17) is 10.1 Å². The third-order valence-electron chi connectivity index (χ3n) is 3.05. The van der Waals surface area contributed by atoms with E-state index in [0.717, 1.165) is 15.6 Å². The molecule has 0 radical (unpaired) electrons. The van der Waals surface area contributed by atoms with Gasteiger partial charge in [-0.25, -0.2) is 9.78 Å². The molecule has 2 atom stereocenters. The van der Waals surface area contributed by atoms with E-state index < -0.39 is 5.97 Å². The van der Waals surface area contributed by atoms with E-state index in [2.05, 4.69) is 6.92 Å². The Hall–Kier alpha value is -0.500. The third-order valence-corrected chi connectivity index (χ3v) is 8.18. The van der Waals surface area contributed by atoms with Crippen molar-refractivity contribution in [1.29, 1.82) is 0 Å². The molecular weight excluding hydrogens is 330 g/mol. The minimum absolute atomic E-state index is 0.343. The van der Waals surface area contributed by atoms with Crippen molar-refractivity contribution in [2.45, 2.75) is 17.4 Å². The molecule has 3 nitrogen and oxygen atoms in total. The number of rotatable bonds is 3. The summed E-state index contributed by atoms with van der Waals surface area (Å²) in [4.78, 5) is 16.6. The summed E-state index contributed by atoms with van der Waals surface area (Å²) >= 11 is 7.11. The zero-order chi connectivity index (χ0) is 14.1. The van der Waals surface area contributed by atoms with Gasteiger partial charge in [0.2, 0.25) is 0 Å². The van der Waals surface area contributed by atoms with Crippen LogP contribution in [-0.4, -0.2) is 32.8 Å². The first-order valence-electron chi connectivity index (χ1n) is 6.16. The first kappa shape index (κ1) is 14.4. The van der Waals surface area contributed by atoms with Crippen LogP contribution in [0.15, 0.2) is 16.8 Å². The van der Waals surface area contributed by atoms with Crippen LogP contribution in [0.2, 0.25) is 0 Å². The minimum atomic E-state index is -0.879. The van der Waals surface area contributed by atoms with Crippen LogP contribution in [0.4, 0.5) is 0 Å². The van der Waals surface area contributed by atoms with Crippen LogP contribution < -0.4 is 0 Å². The van der Waals surface area contributed by atoms with E-state index in [1.54, 1.807) is 22.8 Å². The maximum atomic E-state index is 10.9. The highest BCUT2D eigenvalue weighted by Crippen LogP contribution is 2.44. The maximum absolute atomic E-state index is 10.9. The number of thioether (sulfide) groups is 2. The van der Waals surface area contributed by atoms with Gasteiger partial charge in [0.1, 0.15) is 5.01 Å². The van der Waals surface area contributed by atoms with Crippen LogP contribution in [0.5, 0.6) is 0 Å². The molecule has 0 saturated carbocycles. The summed E-state index contributed by atoms with van der Waals surface area (Å²) in [6.07, 6.45) is 0. The highest BCUT2D eigenvalue weighted by molar-refractivity contribution is 8.06. The number of carboxylic acids is 1. The van der Waals surface area contributed by atoms with Crippen LogP contribution in [0.25, 0.3) is 10.6 Å². The van der Waals surface area contributed by atoms with Crippen LogP contribution in [0, 0.1) is 0 Å². The smallest absolute Gasteiger partial charge is 0.336 e. The lowest BCUT2D eigenvalue weighted by atomic mass is 10.3. The van der Waals surface area contributed by atoms with Crippen molar-refractivity contribution in [3.05, 3.63) is 27.4 Å². The van der Waals surface area contributed by atoms with Gasteiger partial charge in [-0.3, -0.25) is 0 Å². The lowest BCUT2D eigenvalue weighted by Gasteiger charge is -2.25. The first-order chi connectivity index (χ1) is 9.65. The molecule has 1 aliphatic heterocycles. The summed E-state index contributed by atoms with van der Waals surface area (Å²) < 4.78 is 0. The highest BCUT2D eigenvalue weighted by atomic mass is 32.2. The van der Waals surface area contributed by atoms with Gasteiger partial charge in [0.25, 0.3) is 0 Å². The molecular formula is C13H13NO2S4. The predicted molar refractivity (Wildman–Crippen MR) is 89.5 cm³/mol. The normalized spacial score (nSPS) is 22.9. The standard InChI is InChI=1S/C13H13NO2S4/c1-7-11(18-3-2-17-7)12-14-9(6-20-12)10-4-8(5-19-10)13(15)16/h4-7,11H,2-3H2,1H3,(H,15,16). The van der Waals surface area contributed by atoms with Crippen LogP contribution in [0.1, 0.15) is 27.5 Å².